The second-order valence-electron chi connectivity index (χ2n) is 19.1. The Hall–Kier alpha value is -3.79. The highest BCUT2D eigenvalue weighted by Gasteiger charge is 2.49. The lowest BCUT2D eigenvalue weighted by atomic mass is 9.89. The fraction of sp³-hybridized carbons (Fsp3) is 0.761. The molecule has 2 heterocycles. The fourth-order valence-corrected chi connectivity index (χ4v) is 9.86. The summed E-state index contributed by atoms with van der Waals surface area (Å²) < 4.78 is 17.4. The molecule has 344 valence electrons. The van der Waals surface area contributed by atoms with Gasteiger partial charge in [0, 0.05) is 39.5 Å². The van der Waals surface area contributed by atoms with E-state index in [0.29, 0.717) is 37.0 Å². The van der Waals surface area contributed by atoms with Gasteiger partial charge in [-0.25, -0.2) is 4.79 Å². The molecule has 0 spiro atoms. The molecule has 2 saturated heterocycles. The van der Waals surface area contributed by atoms with Gasteiger partial charge in [0.15, 0.2) is 0 Å². The molecule has 61 heavy (non-hydrogen) atoms. The Kier molecular flexibility index (Phi) is 18.0. The van der Waals surface area contributed by atoms with Crippen LogP contribution < -0.4 is 16.0 Å². The number of piperidine rings is 1. The van der Waals surface area contributed by atoms with Gasteiger partial charge in [-0.3, -0.25) is 29.4 Å². The SMILES string of the molecule is CC[C@H](C)[C@@H]([C@@H](CC(=O)N1CCC[C@H]1[C@H](OC)[C@@H](C)C(=O)N[C@H](CO)Cc1cccc(NC(=O)OC(C)(C)C)c1)OC)N(C)C(=O)[C@@H](NC(=O)[C@@H]1[C@H]2CC[C@H](C2)N1C)C(C)C. The molecule has 0 unspecified atom stereocenters. The molecule has 15 nitrogen and oxygen atoms in total. The standard InChI is InChI=1S/C46H76N6O9/c1-13-28(4)39(51(10)44(57)38(27(2)3)49-43(56)40-31-19-20-34(24-31)50(40)9)36(59-11)25-37(54)52-21-15-18-35(52)41(60-12)29(5)42(55)47-33(26-53)23-30-16-14-17-32(22-30)48-45(58)61-46(6,7)8/h14,16-17,22,27-29,31,33-36,38-41,53H,13,15,18-21,23-26H2,1-12H3,(H,47,55)(H,48,58)(H,49,56)/t28-,29+,31-,33-,34+,35-,36+,38-,39-,40-,41+/m0/s1. The van der Waals surface area contributed by atoms with Crippen LogP contribution in [0.5, 0.6) is 0 Å². The summed E-state index contributed by atoms with van der Waals surface area (Å²) in [4.78, 5) is 74.1. The molecule has 0 radical (unpaired) electrons. The molecule has 2 aliphatic heterocycles. The van der Waals surface area contributed by atoms with E-state index in [1.807, 2.05) is 33.9 Å². The molecular formula is C46H76N6O9. The number of nitrogens with one attached hydrogen (secondary N) is 3. The van der Waals surface area contributed by atoms with Gasteiger partial charge in [-0.15, -0.1) is 0 Å². The molecule has 4 N–H and O–H groups in total. The summed E-state index contributed by atoms with van der Waals surface area (Å²) in [5.74, 6) is -1.34. The van der Waals surface area contributed by atoms with Gasteiger partial charge >= 0.3 is 6.09 Å². The van der Waals surface area contributed by atoms with E-state index in [0.717, 1.165) is 37.7 Å². The summed E-state index contributed by atoms with van der Waals surface area (Å²) in [5.41, 5.74) is 0.667. The molecule has 4 rings (SSSR count). The van der Waals surface area contributed by atoms with E-state index in [1.165, 1.54) is 0 Å². The van der Waals surface area contributed by atoms with Gasteiger partial charge in [0.25, 0.3) is 0 Å². The van der Waals surface area contributed by atoms with Crippen molar-refractivity contribution in [3.05, 3.63) is 29.8 Å². The van der Waals surface area contributed by atoms with Crippen LogP contribution >= 0.6 is 0 Å². The molecule has 15 heteroatoms. The van der Waals surface area contributed by atoms with E-state index < -0.39 is 47.9 Å². The minimum absolute atomic E-state index is 0.0136. The average Bonchev–Trinajstić information content (AvgIpc) is 3.96. The maximum Gasteiger partial charge on any atom is 0.412 e. The van der Waals surface area contributed by atoms with Gasteiger partial charge in [-0.05, 0) is 102 Å². The predicted octanol–water partition coefficient (Wildman–Crippen LogP) is 4.60. The zero-order chi connectivity index (χ0) is 45.3. The first-order valence-corrected chi connectivity index (χ1v) is 22.4. The van der Waals surface area contributed by atoms with Crippen molar-refractivity contribution in [2.45, 2.75) is 161 Å². The number of benzene rings is 1. The number of fused-ring (bicyclic) bond motifs is 2. The van der Waals surface area contributed by atoms with E-state index in [9.17, 15) is 29.1 Å². The lowest BCUT2D eigenvalue weighted by Gasteiger charge is -2.41. The van der Waals surface area contributed by atoms with Crippen LogP contribution in [-0.2, 0) is 39.8 Å². The molecule has 11 atom stereocenters. The average molecular weight is 857 g/mol. The third-order valence-corrected chi connectivity index (χ3v) is 13.3. The number of carbonyl (C=O) groups is 5. The first-order chi connectivity index (χ1) is 28.7. The Labute approximate surface area is 364 Å². The molecule has 1 aromatic carbocycles. The molecule has 3 fully saturated rings. The lowest BCUT2D eigenvalue weighted by Crippen LogP contribution is -2.60. The van der Waals surface area contributed by atoms with Crippen LogP contribution in [0.15, 0.2) is 24.3 Å². The van der Waals surface area contributed by atoms with E-state index in [-0.39, 0.29) is 60.6 Å². The maximum absolute atomic E-state index is 14.4. The van der Waals surface area contributed by atoms with Crippen molar-refractivity contribution in [3.8, 4) is 0 Å². The van der Waals surface area contributed by atoms with Crippen LogP contribution in [0.3, 0.4) is 0 Å². The van der Waals surface area contributed by atoms with Crippen molar-refractivity contribution in [1.29, 1.82) is 0 Å². The zero-order valence-corrected chi connectivity index (χ0v) is 38.9. The smallest absolute Gasteiger partial charge is 0.412 e. The summed E-state index contributed by atoms with van der Waals surface area (Å²) in [6.07, 6.45) is 3.73. The number of rotatable bonds is 20. The summed E-state index contributed by atoms with van der Waals surface area (Å²) in [5, 5.41) is 19.1. The van der Waals surface area contributed by atoms with Crippen LogP contribution in [0, 0.1) is 23.7 Å². The highest BCUT2D eigenvalue weighted by molar-refractivity contribution is 5.90. The number of anilines is 1. The largest absolute Gasteiger partial charge is 0.444 e. The van der Waals surface area contributed by atoms with Crippen molar-refractivity contribution in [2.75, 3.05) is 46.8 Å². The summed E-state index contributed by atoms with van der Waals surface area (Å²) >= 11 is 0. The first kappa shape index (κ1) is 49.9. The molecule has 0 aromatic heterocycles. The van der Waals surface area contributed by atoms with Gasteiger partial charge < -0.3 is 39.8 Å². The number of methoxy groups -OCH3 is 2. The van der Waals surface area contributed by atoms with Crippen molar-refractivity contribution in [3.63, 3.8) is 0 Å². The van der Waals surface area contributed by atoms with Gasteiger partial charge in [-0.2, -0.15) is 0 Å². The summed E-state index contributed by atoms with van der Waals surface area (Å²) in [7, 11) is 6.86. The Morgan fingerprint density at radius 2 is 1.70 bits per heavy atom. The number of hydrogen-bond donors (Lipinski definition) is 4. The number of likely N-dealkylation sites (N-methyl/N-ethyl adjacent to an activating group) is 2. The van der Waals surface area contributed by atoms with E-state index in [1.54, 1.807) is 77.0 Å². The number of hydrogen-bond acceptors (Lipinski definition) is 10. The van der Waals surface area contributed by atoms with Crippen LogP contribution in [0.4, 0.5) is 10.5 Å². The summed E-state index contributed by atoms with van der Waals surface area (Å²) in [6, 6.07) is 5.13. The second kappa shape index (κ2) is 22.0. The Bertz CT molecular complexity index is 1650. The molecular weight excluding hydrogens is 781 g/mol. The van der Waals surface area contributed by atoms with Gasteiger partial charge in [0.1, 0.15) is 11.6 Å². The van der Waals surface area contributed by atoms with Gasteiger partial charge in [0.2, 0.25) is 23.6 Å². The van der Waals surface area contributed by atoms with E-state index >= 15 is 0 Å². The van der Waals surface area contributed by atoms with Crippen molar-refractivity contribution in [2.24, 2.45) is 23.7 Å². The number of likely N-dealkylation sites (tertiary alicyclic amines) is 2. The van der Waals surface area contributed by atoms with Crippen molar-refractivity contribution >= 4 is 35.4 Å². The lowest BCUT2D eigenvalue weighted by molar-refractivity contribution is -0.148. The van der Waals surface area contributed by atoms with E-state index in [2.05, 4.69) is 27.8 Å². The van der Waals surface area contributed by atoms with Crippen LogP contribution in [-0.4, -0.2) is 145 Å². The number of carbonyl (C=O) groups excluding carboxylic acids is 5. The molecule has 1 aliphatic carbocycles. The normalized spacial score (nSPS) is 23.7. The number of ether oxygens (including phenoxy) is 3. The highest BCUT2D eigenvalue weighted by Crippen LogP contribution is 2.41. The van der Waals surface area contributed by atoms with Gasteiger partial charge in [-0.1, -0.05) is 53.2 Å². The Morgan fingerprint density at radius 1 is 1.00 bits per heavy atom. The van der Waals surface area contributed by atoms with Gasteiger partial charge in [0.05, 0.1) is 55.3 Å². The zero-order valence-electron chi connectivity index (χ0n) is 38.9. The number of aliphatic hydroxyl groups excluding tert-OH is 1. The number of nitrogens with zero attached hydrogens (tertiary/aromatic N) is 3. The third kappa shape index (κ3) is 12.7. The predicted molar refractivity (Wildman–Crippen MR) is 235 cm³/mol. The minimum Gasteiger partial charge on any atom is -0.444 e. The first-order valence-electron chi connectivity index (χ1n) is 22.4. The van der Waals surface area contributed by atoms with Crippen LogP contribution in [0.2, 0.25) is 0 Å². The Morgan fingerprint density at radius 3 is 2.28 bits per heavy atom. The summed E-state index contributed by atoms with van der Waals surface area (Å²) in [6.45, 7) is 15.3. The number of aliphatic hydroxyl groups is 1. The monoisotopic (exact) mass is 857 g/mol. The van der Waals surface area contributed by atoms with Crippen molar-refractivity contribution < 1.29 is 43.3 Å². The third-order valence-electron chi connectivity index (χ3n) is 13.3. The van der Waals surface area contributed by atoms with Crippen molar-refractivity contribution in [1.82, 2.24) is 25.3 Å². The highest BCUT2D eigenvalue weighted by atomic mass is 16.6. The van der Waals surface area contributed by atoms with Crippen LogP contribution in [0.1, 0.15) is 106 Å². The van der Waals surface area contributed by atoms with E-state index in [4.69, 9.17) is 14.2 Å². The molecule has 5 amide bonds. The minimum atomic E-state index is -0.736. The quantitative estimate of drug-likeness (QED) is 0.145. The van der Waals surface area contributed by atoms with Crippen LogP contribution in [0.25, 0.3) is 0 Å². The Balaban J connectivity index is 1.42. The molecule has 3 aliphatic rings. The second-order valence-corrected chi connectivity index (χ2v) is 19.1. The molecule has 1 aromatic rings. The topological polar surface area (TPSA) is 179 Å². The fourth-order valence-electron chi connectivity index (χ4n) is 9.86. The number of amides is 5. The molecule has 2 bridgehead atoms. The maximum atomic E-state index is 14.4. The molecule has 1 saturated carbocycles.